The molecule has 0 radical (unpaired) electrons. The van der Waals surface area contributed by atoms with Crippen molar-refractivity contribution in [1.29, 1.82) is 0 Å². The molecule has 0 amide bonds. The highest BCUT2D eigenvalue weighted by Crippen LogP contribution is 2.24. The number of nitrogens with zero attached hydrogens (tertiary/aromatic N) is 2. The molecule has 1 N–H and O–H groups in total. The van der Waals surface area contributed by atoms with Gasteiger partial charge < -0.3 is 14.3 Å². The van der Waals surface area contributed by atoms with Crippen LogP contribution in [0.25, 0.3) is 0 Å². The van der Waals surface area contributed by atoms with Gasteiger partial charge in [-0.25, -0.2) is 9.78 Å². The van der Waals surface area contributed by atoms with E-state index in [1.54, 1.807) is 0 Å². The molecule has 2 heterocycles. The number of hydrogen-bond acceptors (Lipinski definition) is 5. The number of carboxylic acid groups (broad SMARTS) is 1. The average Bonchev–Trinajstić information content (AvgIpc) is 2.97. The van der Waals surface area contributed by atoms with Crippen LogP contribution < -0.4 is 0 Å². The molecule has 1 atom stereocenters. The summed E-state index contributed by atoms with van der Waals surface area (Å²) in [5.74, 6) is -0.690. The molecule has 1 saturated heterocycles. The van der Waals surface area contributed by atoms with Crippen LogP contribution in [0.2, 0.25) is 5.02 Å². The summed E-state index contributed by atoms with van der Waals surface area (Å²) < 4.78 is 11.0. The Morgan fingerprint density at radius 3 is 2.86 bits per heavy atom. The van der Waals surface area contributed by atoms with Crippen LogP contribution in [0.5, 0.6) is 0 Å². The third-order valence-corrected chi connectivity index (χ3v) is 3.77. The number of ether oxygens (including phenoxy) is 1. The second-order valence-corrected chi connectivity index (χ2v) is 5.51. The first-order valence-electron chi connectivity index (χ1n) is 6.89. The Bertz CT molecular complexity index is 656. The Hall–Kier alpha value is -1.89. The summed E-state index contributed by atoms with van der Waals surface area (Å²) in [6.45, 7) is 2.49. The molecule has 1 aliphatic heterocycles. The third-order valence-electron chi connectivity index (χ3n) is 3.52. The molecule has 0 spiro atoms. The second-order valence-electron chi connectivity index (χ2n) is 5.08. The molecule has 22 heavy (non-hydrogen) atoms. The van der Waals surface area contributed by atoms with Crippen molar-refractivity contribution in [2.45, 2.75) is 12.6 Å². The zero-order chi connectivity index (χ0) is 15.5. The molecule has 1 aliphatic rings. The van der Waals surface area contributed by atoms with Crippen LogP contribution in [0, 0.1) is 0 Å². The van der Waals surface area contributed by atoms with Crippen molar-refractivity contribution in [2.75, 3.05) is 19.7 Å². The molecule has 0 unspecified atom stereocenters. The van der Waals surface area contributed by atoms with Crippen molar-refractivity contribution in [1.82, 2.24) is 9.88 Å². The molecule has 0 bridgehead atoms. The Labute approximate surface area is 132 Å². The Morgan fingerprint density at radius 2 is 2.18 bits per heavy atom. The maximum atomic E-state index is 10.8. The Balaban J connectivity index is 1.65. The van der Waals surface area contributed by atoms with Gasteiger partial charge in [-0.2, -0.15) is 0 Å². The van der Waals surface area contributed by atoms with Crippen LogP contribution in [-0.4, -0.2) is 40.7 Å². The average molecular weight is 323 g/mol. The fourth-order valence-electron chi connectivity index (χ4n) is 2.40. The topological polar surface area (TPSA) is 75.8 Å². The molecular weight excluding hydrogens is 308 g/mol. The van der Waals surface area contributed by atoms with Crippen molar-refractivity contribution < 1.29 is 19.1 Å². The molecule has 2 aromatic rings. The number of carbonyl (C=O) groups is 1. The smallest absolute Gasteiger partial charge is 0.357 e. The molecule has 6 nitrogen and oxygen atoms in total. The Morgan fingerprint density at radius 1 is 1.41 bits per heavy atom. The van der Waals surface area contributed by atoms with Crippen molar-refractivity contribution in [3.63, 3.8) is 0 Å². The highest BCUT2D eigenvalue weighted by Gasteiger charge is 2.23. The fourth-order valence-corrected chi connectivity index (χ4v) is 2.52. The van der Waals surface area contributed by atoms with Crippen LogP contribution in [-0.2, 0) is 11.3 Å². The quantitative estimate of drug-likeness (QED) is 0.932. The number of hydrogen-bond donors (Lipinski definition) is 1. The van der Waals surface area contributed by atoms with E-state index in [1.807, 2.05) is 24.3 Å². The summed E-state index contributed by atoms with van der Waals surface area (Å²) in [5.41, 5.74) is 0.991. The van der Waals surface area contributed by atoms with Gasteiger partial charge in [-0.1, -0.05) is 23.7 Å². The highest BCUT2D eigenvalue weighted by molar-refractivity contribution is 6.30. The SMILES string of the molecule is O=C(O)c1coc(CN2CCO[C@@H](c3ccc(Cl)cc3)C2)n1. The van der Waals surface area contributed by atoms with Gasteiger partial charge in [0.2, 0.25) is 5.89 Å². The maximum absolute atomic E-state index is 10.8. The number of aromatic nitrogens is 1. The summed E-state index contributed by atoms with van der Waals surface area (Å²) in [6, 6.07) is 7.58. The maximum Gasteiger partial charge on any atom is 0.357 e. The van der Waals surface area contributed by atoms with E-state index >= 15 is 0 Å². The highest BCUT2D eigenvalue weighted by atomic mass is 35.5. The van der Waals surface area contributed by atoms with Gasteiger partial charge in [-0.15, -0.1) is 0 Å². The van der Waals surface area contributed by atoms with E-state index in [9.17, 15) is 4.79 Å². The summed E-state index contributed by atoms with van der Waals surface area (Å²) in [7, 11) is 0. The lowest BCUT2D eigenvalue weighted by atomic mass is 10.1. The summed E-state index contributed by atoms with van der Waals surface area (Å²) in [6.07, 6.45) is 1.12. The number of morpholine rings is 1. The first-order chi connectivity index (χ1) is 10.6. The summed E-state index contributed by atoms with van der Waals surface area (Å²) >= 11 is 5.89. The molecule has 7 heteroatoms. The molecule has 116 valence electrons. The minimum atomic E-state index is -1.09. The van der Waals surface area contributed by atoms with Gasteiger partial charge in [0.1, 0.15) is 6.26 Å². The van der Waals surface area contributed by atoms with E-state index in [1.165, 1.54) is 0 Å². The first-order valence-corrected chi connectivity index (χ1v) is 7.27. The van der Waals surface area contributed by atoms with E-state index in [2.05, 4.69) is 9.88 Å². The van der Waals surface area contributed by atoms with E-state index in [0.717, 1.165) is 18.4 Å². The van der Waals surface area contributed by atoms with Gasteiger partial charge in [0.15, 0.2) is 5.69 Å². The third kappa shape index (κ3) is 3.47. The number of halogens is 1. The lowest BCUT2D eigenvalue weighted by Gasteiger charge is -2.32. The predicted molar refractivity (Wildman–Crippen MR) is 78.9 cm³/mol. The van der Waals surface area contributed by atoms with Gasteiger partial charge in [0, 0.05) is 18.1 Å². The molecule has 1 aromatic carbocycles. The van der Waals surface area contributed by atoms with Crippen LogP contribution in [0.15, 0.2) is 34.9 Å². The Kier molecular flexibility index (Phi) is 4.42. The fraction of sp³-hybridized carbons (Fsp3) is 0.333. The minimum Gasteiger partial charge on any atom is -0.476 e. The van der Waals surface area contributed by atoms with E-state index in [-0.39, 0.29) is 11.8 Å². The van der Waals surface area contributed by atoms with Crippen LogP contribution in [0.1, 0.15) is 28.0 Å². The van der Waals surface area contributed by atoms with Gasteiger partial charge in [0.25, 0.3) is 0 Å². The van der Waals surface area contributed by atoms with Crippen LogP contribution in [0.4, 0.5) is 0 Å². The lowest BCUT2D eigenvalue weighted by molar-refractivity contribution is -0.0351. The van der Waals surface area contributed by atoms with Gasteiger partial charge in [-0.3, -0.25) is 4.90 Å². The van der Waals surface area contributed by atoms with Crippen molar-refractivity contribution >= 4 is 17.6 Å². The molecule has 1 aromatic heterocycles. The number of oxazole rings is 1. The summed E-state index contributed by atoms with van der Waals surface area (Å²) in [4.78, 5) is 16.9. The van der Waals surface area contributed by atoms with Crippen molar-refractivity contribution in [2.24, 2.45) is 0 Å². The molecular formula is C15H15ClN2O4. The number of benzene rings is 1. The lowest BCUT2D eigenvalue weighted by Crippen LogP contribution is -2.37. The van der Waals surface area contributed by atoms with E-state index < -0.39 is 5.97 Å². The first kappa shape index (κ1) is 15.0. The zero-order valence-electron chi connectivity index (χ0n) is 11.7. The van der Waals surface area contributed by atoms with Gasteiger partial charge in [-0.05, 0) is 17.7 Å². The minimum absolute atomic E-state index is 0.0417. The zero-order valence-corrected chi connectivity index (χ0v) is 12.5. The number of aromatic carboxylic acids is 1. The van der Waals surface area contributed by atoms with Gasteiger partial charge >= 0.3 is 5.97 Å². The van der Waals surface area contributed by atoms with Crippen molar-refractivity contribution in [3.05, 3.63) is 52.7 Å². The standard InChI is InChI=1S/C15H15ClN2O4/c16-11-3-1-10(2-4-11)13-7-18(5-6-21-13)8-14-17-12(9-22-14)15(19)20/h1-4,9,13H,5-8H2,(H,19,20)/t13-/m1/s1. The number of carboxylic acids is 1. The second kappa shape index (κ2) is 6.48. The van der Waals surface area contributed by atoms with E-state index in [4.69, 9.17) is 25.9 Å². The molecule has 3 rings (SSSR count). The number of rotatable bonds is 4. The summed E-state index contributed by atoms with van der Waals surface area (Å²) in [5, 5.41) is 9.54. The van der Waals surface area contributed by atoms with Crippen molar-refractivity contribution in [3.8, 4) is 0 Å². The van der Waals surface area contributed by atoms with Crippen LogP contribution >= 0.6 is 11.6 Å². The molecule has 0 saturated carbocycles. The molecule has 1 fully saturated rings. The molecule has 0 aliphatic carbocycles. The normalized spacial score (nSPS) is 19.2. The monoisotopic (exact) mass is 322 g/mol. The van der Waals surface area contributed by atoms with E-state index in [0.29, 0.717) is 30.6 Å². The largest absolute Gasteiger partial charge is 0.476 e. The van der Waals surface area contributed by atoms with Gasteiger partial charge in [0.05, 0.1) is 19.3 Å². The van der Waals surface area contributed by atoms with Crippen LogP contribution in [0.3, 0.4) is 0 Å². The predicted octanol–water partition coefficient (Wildman–Crippen LogP) is 2.60.